The van der Waals surface area contributed by atoms with Crippen LogP contribution in [0.2, 0.25) is 0 Å². The van der Waals surface area contributed by atoms with E-state index in [1.807, 2.05) is 6.07 Å². The number of methoxy groups -OCH3 is 2. The minimum absolute atomic E-state index is 0.590. The number of benzene rings is 1. The van der Waals surface area contributed by atoms with Crippen molar-refractivity contribution in [2.45, 2.75) is 52.0 Å². The summed E-state index contributed by atoms with van der Waals surface area (Å²) >= 11 is 3.62. The van der Waals surface area contributed by atoms with Crippen LogP contribution in [0.25, 0.3) is 0 Å². The van der Waals surface area contributed by atoms with Crippen LogP contribution in [-0.4, -0.2) is 26.8 Å². The Morgan fingerprint density at radius 3 is 2.24 bits per heavy atom. The average Bonchev–Trinajstić information content (AvgIpc) is 2.46. The molecule has 1 aromatic carbocycles. The second kappa shape index (κ2) is 10.1. The van der Waals surface area contributed by atoms with Gasteiger partial charge in [0, 0.05) is 10.5 Å². The third-order valence-corrected chi connectivity index (χ3v) is 4.22. The lowest BCUT2D eigenvalue weighted by atomic mass is 10.1. The van der Waals surface area contributed by atoms with Crippen LogP contribution >= 0.6 is 15.9 Å². The van der Waals surface area contributed by atoms with Crippen molar-refractivity contribution in [2.75, 3.05) is 20.8 Å². The van der Waals surface area contributed by atoms with Gasteiger partial charge in [-0.05, 0) is 43.5 Å². The maximum atomic E-state index is 5.36. The largest absolute Gasteiger partial charge is 0.493 e. The Morgan fingerprint density at radius 1 is 1.00 bits per heavy atom. The summed E-state index contributed by atoms with van der Waals surface area (Å²) in [4.78, 5) is 0. The first-order valence-electron chi connectivity index (χ1n) is 7.72. The standard InChI is InChI=1S/C17H28BrNO2/c1-13(2)19-10-8-6-5-7-9-14-11-16(20-3)17(21-4)12-15(14)18/h11-13,19H,5-10H2,1-4H3. The summed E-state index contributed by atoms with van der Waals surface area (Å²) < 4.78 is 11.8. The van der Waals surface area contributed by atoms with Crippen LogP contribution in [0.4, 0.5) is 0 Å². The second-order valence-corrected chi connectivity index (χ2v) is 6.43. The van der Waals surface area contributed by atoms with E-state index in [1.54, 1.807) is 14.2 Å². The predicted molar refractivity (Wildman–Crippen MR) is 92.6 cm³/mol. The number of hydrogen-bond acceptors (Lipinski definition) is 3. The van der Waals surface area contributed by atoms with Crippen molar-refractivity contribution in [1.82, 2.24) is 5.32 Å². The van der Waals surface area contributed by atoms with E-state index in [4.69, 9.17) is 9.47 Å². The highest BCUT2D eigenvalue weighted by Crippen LogP contribution is 2.33. The van der Waals surface area contributed by atoms with Gasteiger partial charge in [-0.1, -0.05) is 42.6 Å². The smallest absolute Gasteiger partial charge is 0.161 e. The summed E-state index contributed by atoms with van der Waals surface area (Å²) in [6.45, 7) is 5.50. The molecule has 0 heterocycles. The zero-order valence-electron chi connectivity index (χ0n) is 13.7. The number of hydrogen-bond donors (Lipinski definition) is 1. The van der Waals surface area contributed by atoms with Crippen LogP contribution in [0.1, 0.15) is 45.1 Å². The number of aryl methyl sites for hydroxylation is 1. The van der Waals surface area contributed by atoms with E-state index in [9.17, 15) is 0 Å². The molecular formula is C17H28BrNO2. The maximum absolute atomic E-state index is 5.36. The van der Waals surface area contributed by atoms with E-state index in [0.717, 1.165) is 28.9 Å². The van der Waals surface area contributed by atoms with Crippen molar-refractivity contribution in [1.29, 1.82) is 0 Å². The first-order chi connectivity index (χ1) is 10.1. The van der Waals surface area contributed by atoms with Gasteiger partial charge in [0.1, 0.15) is 0 Å². The van der Waals surface area contributed by atoms with Crippen LogP contribution in [0, 0.1) is 0 Å². The molecule has 0 spiro atoms. The molecule has 0 atom stereocenters. The monoisotopic (exact) mass is 357 g/mol. The van der Waals surface area contributed by atoms with Crippen molar-refractivity contribution >= 4 is 15.9 Å². The third kappa shape index (κ3) is 6.70. The fourth-order valence-electron chi connectivity index (χ4n) is 2.27. The van der Waals surface area contributed by atoms with Crippen LogP contribution in [-0.2, 0) is 6.42 Å². The van der Waals surface area contributed by atoms with Gasteiger partial charge in [0.2, 0.25) is 0 Å². The topological polar surface area (TPSA) is 30.5 Å². The van der Waals surface area contributed by atoms with Gasteiger partial charge in [0.05, 0.1) is 14.2 Å². The van der Waals surface area contributed by atoms with Crippen molar-refractivity contribution in [3.8, 4) is 11.5 Å². The Balaban J connectivity index is 2.35. The summed E-state index contributed by atoms with van der Waals surface area (Å²) in [7, 11) is 3.34. The lowest BCUT2D eigenvalue weighted by molar-refractivity contribution is 0.354. The predicted octanol–water partition coefficient (Wildman–Crippen LogP) is 4.57. The average molecular weight is 358 g/mol. The molecular weight excluding hydrogens is 330 g/mol. The minimum Gasteiger partial charge on any atom is -0.493 e. The molecule has 0 fully saturated rings. The summed E-state index contributed by atoms with van der Waals surface area (Å²) in [6, 6.07) is 4.65. The van der Waals surface area contributed by atoms with Crippen molar-refractivity contribution < 1.29 is 9.47 Å². The molecule has 1 N–H and O–H groups in total. The zero-order valence-corrected chi connectivity index (χ0v) is 15.3. The SMILES string of the molecule is COc1cc(Br)c(CCCCCCNC(C)C)cc1OC. The molecule has 0 radical (unpaired) electrons. The highest BCUT2D eigenvalue weighted by Gasteiger charge is 2.09. The fraction of sp³-hybridized carbons (Fsp3) is 0.647. The maximum Gasteiger partial charge on any atom is 0.161 e. The highest BCUT2D eigenvalue weighted by atomic mass is 79.9. The van der Waals surface area contributed by atoms with Crippen LogP contribution in [0.5, 0.6) is 11.5 Å². The highest BCUT2D eigenvalue weighted by molar-refractivity contribution is 9.10. The summed E-state index contributed by atoms with van der Waals surface area (Å²) in [5, 5.41) is 3.45. The van der Waals surface area contributed by atoms with Gasteiger partial charge in [-0.2, -0.15) is 0 Å². The molecule has 0 unspecified atom stereocenters. The van der Waals surface area contributed by atoms with Crippen molar-refractivity contribution in [3.05, 3.63) is 22.2 Å². The van der Waals surface area contributed by atoms with Gasteiger partial charge < -0.3 is 14.8 Å². The molecule has 3 nitrogen and oxygen atoms in total. The molecule has 0 amide bonds. The number of ether oxygens (including phenoxy) is 2. The second-order valence-electron chi connectivity index (χ2n) is 5.57. The first kappa shape index (κ1) is 18.3. The molecule has 0 saturated heterocycles. The normalized spacial score (nSPS) is 11.0. The molecule has 0 saturated carbocycles. The Kier molecular flexibility index (Phi) is 8.77. The van der Waals surface area contributed by atoms with Gasteiger partial charge in [0.15, 0.2) is 11.5 Å². The van der Waals surface area contributed by atoms with E-state index < -0.39 is 0 Å². The summed E-state index contributed by atoms with van der Waals surface area (Å²) in [5.74, 6) is 1.57. The Hall–Kier alpha value is -0.740. The zero-order chi connectivity index (χ0) is 15.7. The van der Waals surface area contributed by atoms with Gasteiger partial charge in [-0.25, -0.2) is 0 Å². The van der Waals surface area contributed by atoms with Crippen molar-refractivity contribution in [2.24, 2.45) is 0 Å². The lowest BCUT2D eigenvalue weighted by Gasteiger charge is -2.12. The summed E-state index contributed by atoms with van der Waals surface area (Å²) in [6.07, 6.45) is 6.07. The van der Waals surface area contributed by atoms with E-state index in [-0.39, 0.29) is 0 Å². The Morgan fingerprint density at radius 2 is 1.62 bits per heavy atom. The van der Waals surface area contributed by atoms with Crippen LogP contribution in [0.3, 0.4) is 0 Å². The number of rotatable bonds is 10. The molecule has 21 heavy (non-hydrogen) atoms. The molecule has 0 aliphatic carbocycles. The van der Waals surface area contributed by atoms with E-state index in [1.165, 1.54) is 31.2 Å². The van der Waals surface area contributed by atoms with Gasteiger partial charge in [-0.3, -0.25) is 0 Å². The number of nitrogens with one attached hydrogen (secondary N) is 1. The van der Waals surface area contributed by atoms with Crippen LogP contribution in [0.15, 0.2) is 16.6 Å². The lowest BCUT2D eigenvalue weighted by Crippen LogP contribution is -2.23. The Bertz CT molecular complexity index is 421. The molecule has 1 aromatic rings. The molecule has 4 heteroatoms. The van der Waals surface area contributed by atoms with E-state index >= 15 is 0 Å². The third-order valence-electron chi connectivity index (χ3n) is 3.48. The van der Waals surface area contributed by atoms with E-state index in [0.29, 0.717) is 6.04 Å². The fourth-order valence-corrected chi connectivity index (χ4v) is 2.79. The van der Waals surface area contributed by atoms with Gasteiger partial charge >= 0.3 is 0 Å². The first-order valence-corrected chi connectivity index (χ1v) is 8.51. The van der Waals surface area contributed by atoms with Crippen LogP contribution < -0.4 is 14.8 Å². The molecule has 1 rings (SSSR count). The number of unbranched alkanes of at least 4 members (excludes halogenated alkanes) is 3. The number of halogens is 1. The Labute approximate surface area is 137 Å². The van der Waals surface area contributed by atoms with Crippen molar-refractivity contribution in [3.63, 3.8) is 0 Å². The summed E-state index contributed by atoms with van der Waals surface area (Å²) in [5.41, 5.74) is 1.29. The van der Waals surface area contributed by atoms with Gasteiger partial charge in [0.25, 0.3) is 0 Å². The van der Waals surface area contributed by atoms with E-state index in [2.05, 4.69) is 41.2 Å². The minimum atomic E-state index is 0.590. The quantitative estimate of drug-likeness (QED) is 0.622. The molecule has 120 valence electrons. The molecule has 0 aliphatic heterocycles. The molecule has 0 bridgehead atoms. The van der Waals surface area contributed by atoms with Gasteiger partial charge in [-0.15, -0.1) is 0 Å². The molecule has 0 aromatic heterocycles. The molecule has 0 aliphatic rings.